The summed E-state index contributed by atoms with van der Waals surface area (Å²) in [5, 5.41) is 9.10. The summed E-state index contributed by atoms with van der Waals surface area (Å²) < 4.78 is 4.81. The van der Waals surface area contributed by atoms with Crippen LogP contribution in [0.4, 0.5) is 16.2 Å². The van der Waals surface area contributed by atoms with Crippen molar-refractivity contribution < 1.29 is 19.1 Å². The second-order valence-electron chi connectivity index (χ2n) is 8.25. The zero-order valence-electron chi connectivity index (χ0n) is 20.2. The molecule has 2 aliphatic rings. The number of esters is 1. The van der Waals surface area contributed by atoms with Gasteiger partial charge in [0.1, 0.15) is 6.54 Å². The minimum Gasteiger partial charge on any atom is -0.465 e. The first-order chi connectivity index (χ1) is 17.5. The lowest BCUT2D eigenvalue weighted by atomic mass is 9.93. The first-order valence-electron chi connectivity index (χ1n) is 11.8. The van der Waals surface area contributed by atoms with Crippen molar-refractivity contribution in [2.75, 3.05) is 36.1 Å². The molecule has 0 saturated carbocycles. The number of amides is 3. The van der Waals surface area contributed by atoms with Crippen molar-refractivity contribution in [3.05, 3.63) is 71.4 Å². The highest BCUT2D eigenvalue weighted by atomic mass is 32.2. The van der Waals surface area contributed by atoms with E-state index in [1.54, 1.807) is 30.8 Å². The number of hydrogen-bond acceptors (Lipinski definition) is 7. The summed E-state index contributed by atoms with van der Waals surface area (Å²) in [6, 6.07) is 15.9. The first-order valence-corrected chi connectivity index (χ1v) is 12.8. The quantitative estimate of drug-likeness (QED) is 0.486. The van der Waals surface area contributed by atoms with Crippen LogP contribution in [0.25, 0.3) is 0 Å². The molecule has 0 aliphatic carbocycles. The highest BCUT2D eigenvalue weighted by Gasteiger charge is 2.37. The molecule has 0 unspecified atom stereocenters. The van der Waals surface area contributed by atoms with Crippen LogP contribution in [0.15, 0.2) is 70.9 Å². The SMILES string of the molecule is CCOC(=O)CNC(=O)Nc1ccc([C@@H]2C(C(=O)Nc3ccccc3)=C(C)N=C3SCCCN32)cc1. The van der Waals surface area contributed by atoms with Gasteiger partial charge in [0.2, 0.25) is 0 Å². The van der Waals surface area contributed by atoms with Gasteiger partial charge in [-0.05, 0) is 50.1 Å². The minimum atomic E-state index is -0.506. The molecule has 0 radical (unpaired) electrons. The molecule has 4 rings (SSSR count). The fourth-order valence-electron chi connectivity index (χ4n) is 4.11. The molecule has 0 bridgehead atoms. The van der Waals surface area contributed by atoms with Crippen LogP contribution >= 0.6 is 11.8 Å². The molecule has 2 heterocycles. The number of nitrogens with one attached hydrogen (secondary N) is 3. The van der Waals surface area contributed by atoms with Gasteiger partial charge in [0.05, 0.1) is 23.9 Å². The van der Waals surface area contributed by atoms with E-state index in [-0.39, 0.29) is 25.1 Å². The number of rotatable bonds is 7. The highest BCUT2D eigenvalue weighted by molar-refractivity contribution is 8.13. The van der Waals surface area contributed by atoms with Gasteiger partial charge in [-0.15, -0.1) is 0 Å². The maximum absolute atomic E-state index is 13.4. The maximum atomic E-state index is 13.4. The number of nitrogens with zero attached hydrogens (tertiary/aromatic N) is 2. The van der Waals surface area contributed by atoms with Gasteiger partial charge < -0.3 is 25.6 Å². The Morgan fingerprint density at radius 1 is 1.06 bits per heavy atom. The Morgan fingerprint density at radius 3 is 2.50 bits per heavy atom. The number of thioether (sulfide) groups is 1. The number of hydrogen-bond donors (Lipinski definition) is 3. The largest absolute Gasteiger partial charge is 0.465 e. The van der Waals surface area contributed by atoms with Crippen LogP contribution in [0, 0.1) is 0 Å². The van der Waals surface area contributed by atoms with Crippen LogP contribution in [0.1, 0.15) is 31.9 Å². The molecule has 1 atom stereocenters. The zero-order chi connectivity index (χ0) is 25.5. The molecule has 188 valence electrons. The van der Waals surface area contributed by atoms with E-state index >= 15 is 0 Å². The summed E-state index contributed by atoms with van der Waals surface area (Å²) >= 11 is 1.70. The Balaban J connectivity index is 1.54. The molecule has 1 fully saturated rings. The second kappa shape index (κ2) is 11.8. The van der Waals surface area contributed by atoms with Crippen molar-refractivity contribution >= 4 is 46.2 Å². The van der Waals surface area contributed by atoms with Crippen molar-refractivity contribution in [3.63, 3.8) is 0 Å². The molecule has 10 heteroatoms. The molecule has 2 aromatic rings. The number of amidine groups is 1. The van der Waals surface area contributed by atoms with Crippen molar-refractivity contribution in [1.29, 1.82) is 0 Å². The topological polar surface area (TPSA) is 112 Å². The van der Waals surface area contributed by atoms with Gasteiger partial charge in [0.25, 0.3) is 5.91 Å². The lowest BCUT2D eigenvalue weighted by molar-refractivity contribution is -0.141. The van der Waals surface area contributed by atoms with Crippen LogP contribution < -0.4 is 16.0 Å². The predicted octanol–water partition coefficient (Wildman–Crippen LogP) is 4.13. The highest BCUT2D eigenvalue weighted by Crippen LogP contribution is 2.40. The number of urea groups is 1. The normalized spacial score (nSPS) is 17.0. The molecule has 2 aliphatic heterocycles. The molecule has 0 aromatic heterocycles. The van der Waals surface area contributed by atoms with Gasteiger partial charge in [-0.25, -0.2) is 9.79 Å². The van der Waals surface area contributed by atoms with E-state index in [0.29, 0.717) is 17.0 Å². The van der Waals surface area contributed by atoms with E-state index < -0.39 is 12.0 Å². The second-order valence-corrected chi connectivity index (χ2v) is 9.31. The summed E-state index contributed by atoms with van der Waals surface area (Å²) in [5.41, 5.74) is 3.49. The van der Waals surface area contributed by atoms with Crippen LogP contribution in [-0.2, 0) is 14.3 Å². The number of fused-ring (bicyclic) bond motifs is 1. The van der Waals surface area contributed by atoms with Gasteiger partial charge in [0.15, 0.2) is 5.17 Å². The Kier molecular flexibility index (Phi) is 8.27. The van der Waals surface area contributed by atoms with Crippen LogP contribution in [-0.4, -0.2) is 53.4 Å². The summed E-state index contributed by atoms with van der Waals surface area (Å²) in [5.74, 6) is 0.299. The van der Waals surface area contributed by atoms with Gasteiger partial charge in [-0.2, -0.15) is 0 Å². The summed E-state index contributed by atoms with van der Waals surface area (Å²) in [6.45, 7) is 4.42. The molecule has 3 amide bonds. The third kappa shape index (κ3) is 6.06. The molecule has 1 saturated heterocycles. The zero-order valence-corrected chi connectivity index (χ0v) is 21.1. The first kappa shape index (κ1) is 25.3. The third-order valence-electron chi connectivity index (χ3n) is 5.72. The average molecular weight is 508 g/mol. The number of ether oxygens (including phenoxy) is 1. The summed E-state index contributed by atoms with van der Waals surface area (Å²) in [7, 11) is 0. The third-order valence-corrected chi connectivity index (χ3v) is 6.79. The van der Waals surface area contributed by atoms with E-state index in [1.807, 2.05) is 49.4 Å². The smallest absolute Gasteiger partial charge is 0.325 e. The summed E-state index contributed by atoms with van der Waals surface area (Å²) in [6.07, 6.45) is 0.993. The van der Waals surface area contributed by atoms with Gasteiger partial charge in [-0.3, -0.25) is 9.59 Å². The van der Waals surface area contributed by atoms with Gasteiger partial charge in [-0.1, -0.05) is 42.1 Å². The lowest BCUT2D eigenvalue weighted by Crippen LogP contribution is -2.43. The molecule has 2 aromatic carbocycles. The fourth-order valence-corrected chi connectivity index (χ4v) is 5.13. The predicted molar refractivity (Wildman–Crippen MR) is 142 cm³/mol. The minimum absolute atomic E-state index is 0.192. The van der Waals surface area contributed by atoms with E-state index in [4.69, 9.17) is 9.73 Å². The van der Waals surface area contributed by atoms with Crippen LogP contribution in [0.5, 0.6) is 0 Å². The molecular formula is C26H29N5O4S. The van der Waals surface area contributed by atoms with Crippen molar-refractivity contribution in [2.45, 2.75) is 26.3 Å². The Hall–Kier alpha value is -3.79. The average Bonchev–Trinajstić information content (AvgIpc) is 2.88. The van der Waals surface area contributed by atoms with E-state index in [0.717, 1.165) is 35.1 Å². The Bertz CT molecular complexity index is 1180. The number of para-hydroxylation sites is 1. The molecule has 3 N–H and O–H groups in total. The number of anilines is 2. The summed E-state index contributed by atoms with van der Waals surface area (Å²) in [4.78, 5) is 44.0. The standard InChI is InChI=1S/C26H29N5O4S/c1-3-35-21(32)16-27-25(34)30-20-12-10-18(11-13-20)23-22(24(33)29-19-8-5-4-6-9-19)17(2)28-26-31(23)14-7-15-36-26/h4-6,8-13,23H,3,7,14-16H2,1-2H3,(H,29,33)(H2,27,30,34)/t23-/m1/s1. The van der Waals surface area contributed by atoms with Crippen LogP contribution in [0.2, 0.25) is 0 Å². The van der Waals surface area contributed by atoms with Crippen molar-refractivity contribution in [1.82, 2.24) is 10.2 Å². The molecule has 9 nitrogen and oxygen atoms in total. The van der Waals surface area contributed by atoms with Gasteiger partial charge in [0, 0.05) is 23.7 Å². The van der Waals surface area contributed by atoms with E-state index in [2.05, 4.69) is 20.9 Å². The van der Waals surface area contributed by atoms with E-state index in [9.17, 15) is 14.4 Å². The monoisotopic (exact) mass is 507 g/mol. The van der Waals surface area contributed by atoms with E-state index in [1.165, 1.54) is 0 Å². The van der Waals surface area contributed by atoms with Gasteiger partial charge >= 0.3 is 12.0 Å². The van der Waals surface area contributed by atoms with Crippen molar-refractivity contribution in [3.8, 4) is 0 Å². The molecular weight excluding hydrogens is 478 g/mol. The van der Waals surface area contributed by atoms with Crippen LogP contribution in [0.3, 0.4) is 0 Å². The number of aliphatic imine (C=N–C) groups is 1. The number of benzene rings is 2. The lowest BCUT2D eigenvalue weighted by Gasteiger charge is -2.40. The molecule has 0 spiro atoms. The number of carbonyl (C=O) groups excluding carboxylic acids is 3. The maximum Gasteiger partial charge on any atom is 0.325 e. The Morgan fingerprint density at radius 2 is 1.78 bits per heavy atom. The Labute approximate surface area is 214 Å². The number of carbonyl (C=O) groups is 3. The molecule has 36 heavy (non-hydrogen) atoms. The number of allylic oxidation sites excluding steroid dienone is 1. The fraction of sp³-hybridized carbons (Fsp3) is 0.308. The van der Waals surface area contributed by atoms with Crippen molar-refractivity contribution in [2.24, 2.45) is 4.99 Å².